The molecule has 0 spiro atoms. The molecule has 0 aliphatic carbocycles. The molecule has 1 amide bonds. The van der Waals surface area contributed by atoms with Gasteiger partial charge in [-0.05, 0) is 37.1 Å². The quantitative estimate of drug-likeness (QED) is 0.629. The summed E-state index contributed by atoms with van der Waals surface area (Å²) in [4.78, 5) is 21.8. The number of nitrogens with zero attached hydrogens (tertiary/aromatic N) is 6. The van der Waals surface area contributed by atoms with E-state index in [9.17, 15) is 18.0 Å². The average Bonchev–Trinajstić information content (AvgIpc) is 3.28. The van der Waals surface area contributed by atoms with Crippen LogP contribution in [0.15, 0.2) is 42.9 Å². The first-order chi connectivity index (χ1) is 14.9. The molecule has 1 fully saturated rings. The topological polar surface area (TPSA) is 86.0 Å². The number of piperidine rings is 1. The molecule has 8 nitrogen and oxygen atoms in total. The maximum Gasteiger partial charge on any atom is 0.433 e. The van der Waals surface area contributed by atoms with E-state index in [-0.39, 0.29) is 17.5 Å². The molecule has 3 aromatic rings. The molecular formula is C20H19F3N6O2. The zero-order valence-corrected chi connectivity index (χ0v) is 16.6. The lowest BCUT2D eigenvalue weighted by molar-refractivity contribution is -0.141. The monoisotopic (exact) mass is 432 g/mol. The zero-order chi connectivity index (χ0) is 22.0. The first kappa shape index (κ1) is 20.8. The standard InChI is InChI=1S/C20H19F3N6O2/c1-31-18-15(3-2-8-24-18)16-12-29(27-26-16)14-6-9-28(10-7-14)19(30)13-4-5-17(25-11-13)20(21,22)23/h2-5,8,11-12,14H,6-7,9-10H2,1H3. The Morgan fingerprint density at radius 3 is 2.58 bits per heavy atom. The van der Waals surface area contributed by atoms with Gasteiger partial charge < -0.3 is 9.64 Å². The maximum atomic E-state index is 12.7. The van der Waals surface area contributed by atoms with Crippen LogP contribution in [0, 0.1) is 0 Å². The summed E-state index contributed by atoms with van der Waals surface area (Å²) < 4.78 is 45.0. The minimum Gasteiger partial charge on any atom is -0.481 e. The molecule has 11 heteroatoms. The van der Waals surface area contributed by atoms with E-state index in [0.717, 1.165) is 23.9 Å². The van der Waals surface area contributed by atoms with E-state index in [1.165, 1.54) is 7.11 Å². The Hall–Kier alpha value is -3.50. The highest BCUT2D eigenvalue weighted by atomic mass is 19.4. The number of ether oxygens (including phenoxy) is 1. The summed E-state index contributed by atoms with van der Waals surface area (Å²) in [6.45, 7) is 0.909. The van der Waals surface area contributed by atoms with Gasteiger partial charge in [-0.1, -0.05) is 5.21 Å². The number of alkyl halides is 3. The van der Waals surface area contributed by atoms with Gasteiger partial charge in [0, 0.05) is 25.5 Å². The molecule has 1 aliphatic rings. The van der Waals surface area contributed by atoms with Gasteiger partial charge in [-0.25, -0.2) is 9.67 Å². The average molecular weight is 432 g/mol. The highest BCUT2D eigenvalue weighted by molar-refractivity contribution is 5.94. The fourth-order valence-corrected chi connectivity index (χ4v) is 3.53. The van der Waals surface area contributed by atoms with Crippen molar-refractivity contribution in [3.63, 3.8) is 0 Å². The predicted molar refractivity (Wildman–Crippen MR) is 103 cm³/mol. The van der Waals surface area contributed by atoms with Crippen LogP contribution < -0.4 is 4.74 Å². The molecule has 4 heterocycles. The van der Waals surface area contributed by atoms with Gasteiger partial charge in [-0.3, -0.25) is 9.78 Å². The molecule has 0 N–H and O–H groups in total. The molecule has 0 atom stereocenters. The third kappa shape index (κ3) is 4.35. The zero-order valence-electron chi connectivity index (χ0n) is 16.6. The first-order valence-electron chi connectivity index (χ1n) is 9.60. The smallest absolute Gasteiger partial charge is 0.433 e. The van der Waals surface area contributed by atoms with Gasteiger partial charge in [0.1, 0.15) is 11.4 Å². The van der Waals surface area contributed by atoms with Crippen LogP contribution in [-0.4, -0.2) is 56.0 Å². The van der Waals surface area contributed by atoms with E-state index in [1.807, 2.05) is 12.3 Å². The summed E-state index contributed by atoms with van der Waals surface area (Å²) in [5.74, 6) is 0.124. The number of rotatable bonds is 4. The summed E-state index contributed by atoms with van der Waals surface area (Å²) in [7, 11) is 1.54. The Bertz CT molecular complexity index is 1060. The Morgan fingerprint density at radius 1 is 1.16 bits per heavy atom. The molecule has 162 valence electrons. The second-order valence-electron chi connectivity index (χ2n) is 7.10. The number of likely N-dealkylation sites (tertiary alicyclic amines) is 1. The fourth-order valence-electron chi connectivity index (χ4n) is 3.53. The maximum absolute atomic E-state index is 12.7. The lowest BCUT2D eigenvalue weighted by Gasteiger charge is -2.31. The molecule has 4 rings (SSSR count). The van der Waals surface area contributed by atoms with E-state index >= 15 is 0 Å². The van der Waals surface area contributed by atoms with Crippen molar-refractivity contribution in [2.75, 3.05) is 20.2 Å². The Morgan fingerprint density at radius 2 is 1.94 bits per heavy atom. The predicted octanol–water partition coefficient (Wildman–Crippen LogP) is 3.24. The van der Waals surface area contributed by atoms with Crippen molar-refractivity contribution in [3.8, 4) is 17.1 Å². The van der Waals surface area contributed by atoms with Gasteiger partial charge in [-0.2, -0.15) is 13.2 Å². The van der Waals surface area contributed by atoms with Crippen molar-refractivity contribution >= 4 is 5.91 Å². The second-order valence-corrected chi connectivity index (χ2v) is 7.10. The number of carbonyl (C=O) groups is 1. The Labute approximate surface area is 175 Å². The summed E-state index contributed by atoms with van der Waals surface area (Å²) in [5.41, 5.74) is 0.492. The van der Waals surface area contributed by atoms with Gasteiger partial charge in [-0.15, -0.1) is 5.10 Å². The number of halogens is 3. The van der Waals surface area contributed by atoms with E-state index < -0.39 is 11.9 Å². The van der Waals surface area contributed by atoms with Crippen LogP contribution in [0.25, 0.3) is 11.3 Å². The van der Waals surface area contributed by atoms with Gasteiger partial charge in [0.05, 0.1) is 30.5 Å². The number of aromatic nitrogens is 5. The number of hydrogen-bond acceptors (Lipinski definition) is 6. The van der Waals surface area contributed by atoms with Crippen LogP contribution in [0.3, 0.4) is 0 Å². The van der Waals surface area contributed by atoms with Crippen molar-refractivity contribution in [1.82, 2.24) is 29.9 Å². The summed E-state index contributed by atoms with van der Waals surface area (Å²) in [5, 5.41) is 8.43. The third-order valence-corrected chi connectivity index (χ3v) is 5.18. The molecule has 0 unspecified atom stereocenters. The molecule has 31 heavy (non-hydrogen) atoms. The number of pyridine rings is 2. The van der Waals surface area contributed by atoms with E-state index in [0.29, 0.717) is 37.5 Å². The van der Waals surface area contributed by atoms with Gasteiger partial charge in [0.2, 0.25) is 5.88 Å². The molecule has 1 saturated heterocycles. The summed E-state index contributed by atoms with van der Waals surface area (Å²) in [6.07, 6.45) is 1.19. The lowest BCUT2D eigenvalue weighted by atomic mass is 10.0. The lowest BCUT2D eigenvalue weighted by Crippen LogP contribution is -2.39. The van der Waals surface area contributed by atoms with Gasteiger partial charge in [0.15, 0.2) is 0 Å². The molecular weight excluding hydrogens is 413 g/mol. The van der Waals surface area contributed by atoms with Crippen LogP contribution in [-0.2, 0) is 6.18 Å². The van der Waals surface area contributed by atoms with Crippen LogP contribution in [0.5, 0.6) is 5.88 Å². The molecule has 0 aromatic carbocycles. The highest BCUT2D eigenvalue weighted by Gasteiger charge is 2.33. The molecule has 1 aliphatic heterocycles. The summed E-state index contributed by atoms with van der Waals surface area (Å²) in [6, 6.07) is 5.67. The molecule has 3 aromatic heterocycles. The highest BCUT2D eigenvalue weighted by Crippen LogP contribution is 2.29. The largest absolute Gasteiger partial charge is 0.481 e. The number of methoxy groups -OCH3 is 1. The van der Waals surface area contributed by atoms with Crippen LogP contribution in [0.1, 0.15) is 34.9 Å². The van der Waals surface area contributed by atoms with E-state index in [1.54, 1.807) is 21.8 Å². The van der Waals surface area contributed by atoms with Gasteiger partial charge >= 0.3 is 6.18 Å². The molecule has 0 saturated carbocycles. The fraction of sp³-hybridized carbons (Fsp3) is 0.350. The second kappa shape index (κ2) is 8.32. The van der Waals surface area contributed by atoms with Crippen molar-refractivity contribution in [2.24, 2.45) is 0 Å². The number of amides is 1. The third-order valence-electron chi connectivity index (χ3n) is 5.18. The summed E-state index contributed by atoms with van der Waals surface area (Å²) >= 11 is 0. The minimum absolute atomic E-state index is 0.0543. The Kier molecular flexibility index (Phi) is 5.57. The van der Waals surface area contributed by atoms with Crippen LogP contribution >= 0.6 is 0 Å². The van der Waals surface area contributed by atoms with E-state index in [4.69, 9.17) is 4.74 Å². The number of carbonyl (C=O) groups excluding carboxylic acids is 1. The van der Waals surface area contributed by atoms with Crippen molar-refractivity contribution in [2.45, 2.75) is 25.1 Å². The van der Waals surface area contributed by atoms with Crippen molar-refractivity contribution < 1.29 is 22.7 Å². The normalized spacial score (nSPS) is 15.2. The number of hydrogen-bond donors (Lipinski definition) is 0. The van der Waals surface area contributed by atoms with Crippen LogP contribution in [0.4, 0.5) is 13.2 Å². The Balaban J connectivity index is 1.40. The van der Waals surface area contributed by atoms with E-state index in [2.05, 4.69) is 20.3 Å². The first-order valence-corrected chi connectivity index (χ1v) is 9.60. The van der Waals surface area contributed by atoms with Gasteiger partial charge in [0.25, 0.3) is 5.91 Å². The molecule has 0 bridgehead atoms. The van der Waals surface area contributed by atoms with Crippen LogP contribution in [0.2, 0.25) is 0 Å². The SMILES string of the molecule is COc1ncccc1-c1cn(C2CCN(C(=O)c3ccc(C(F)(F)F)nc3)CC2)nn1. The van der Waals surface area contributed by atoms with Crippen molar-refractivity contribution in [1.29, 1.82) is 0 Å². The van der Waals surface area contributed by atoms with Crippen molar-refractivity contribution in [3.05, 3.63) is 54.1 Å². The molecule has 0 radical (unpaired) electrons. The minimum atomic E-state index is -4.53.